The highest BCUT2D eigenvalue weighted by Crippen LogP contribution is 2.43. The molecule has 2 aromatic carbocycles. The minimum atomic E-state index is -0.574. The first kappa shape index (κ1) is 24.3. The fourth-order valence-electron chi connectivity index (χ4n) is 5.08. The van der Waals surface area contributed by atoms with Gasteiger partial charge in [0.15, 0.2) is 0 Å². The van der Waals surface area contributed by atoms with E-state index in [9.17, 15) is 8.78 Å². The van der Waals surface area contributed by atoms with Crippen LogP contribution in [0.15, 0.2) is 72.1 Å². The number of hydrogen-bond acceptors (Lipinski definition) is 3. The van der Waals surface area contributed by atoms with Crippen LogP contribution in [0.3, 0.4) is 0 Å². The number of fused-ring (bicyclic) bond motifs is 1. The number of hydrogen-bond donors (Lipinski definition) is 1. The minimum Gasteiger partial charge on any atom is -0.342 e. The van der Waals surface area contributed by atoms with E-state index < -0.39 is 11.6 Å². The van der Waals surface area contributed by atoms with Gasteiger partial charge >= 0.3 is 0 Å². The van der Waals surface area contributed by atoms with Crippen LogP contribution in [0, 0.1) is 23.5 Å². The summed E-state index contributed by atoms with van der Waals surface area (Å²) < 4.78 is 29.8. The van der Waals surface area contributed by atoms with Crippen molar-refractivity contribution in [2.24, 2.45) is 16.9 Å². The van der Waals surface area contributed by atoms with E-state index in [2.05, 4.69) is 37.1 Å². The van der Waals surface area contributed by atoms with Gasteiger partial charge in [0.1, 0.15) is 11.6 Å². The Morgan fingerprint density at radius 2 is 2.03 bits per heavy atom. The van der Waals surface area contributed by atoms with E-state index in [-0.39, 0.29) is 0 Å². The smallest absolute Gasteiger partial charge is 0.131 e. The van der Waals surface area contributed by atoms with Crippen molar-refractivity contribution in [3.63, 3.8) is 0 Å². The number of hydrazone groups is 1. The number of rotatable bonds is 9. The maximum atomic E-state index is 14.4. The molecule has 1 saturated carbocycles. The van der Waals surface area contributed by atoms with Crippen LogP contribution >= 0.6 is 12.6 Å². The predicted molar refractivity (Wildman–Crippen MR) is 141 cm³/mol. The number of halogens is 2. The first-order valence-corrected chi connectivity index (χ1v) is 12.3. The van der Waals surface area contributed by atoms with Crippen LogP contribution in [0.5, 0.6) is 0 Å². The molecule has 3 nitrogen and oxygen atoms in total. The van der Waals surface area contributed by atoms with Gasteiger partial charge in [-0.15, -0.1) is 0 Å². The fourth-order valence-corrected chi connectivity index (χ4v) is 5.45. The van der Waals surface area contributed by atoms with Gasteiger partial charge in [-0.1, -0.05) is 30.8 Å². The molecule has 1 aliphatic rings. The molecule has 1 aromatic heterocycles. The highest BCUT2D eigenvalue weighted by atomic mass is 32.1. The van der Waals surface area contributed by atoms with E-state index in [1.165, 1.54) is 18.6 Å². The second-order valence-corrected chi connectivity index (χ2v) is 9.54. The zero-order chi connectivity index (χ0) is 24.2. The van der Waals surface area contributed by atoms with Crippen LogP contribution in [0.25, 0.3) is 16.5 Å². The van der Waals surface area contributed by atoms with Crippen LogP contribution in [0.2, 0.25) is 0 Å². The van der Waals surface area contributed by atoms with Crippen molar-refractivity contribution >= 4 is 35.8 Å². The highest BCUT2D eigenvalue weighted by molar-refractivity contribution is 7.80. The second-order valence-electron chi connectivity index (χ2n) is 9.09. The van der Waals surface area contributed by atoms with Gasteiger partial charge in [-0.3, -0.25) is 5.01 Å². The molecule has 3 aromatic rings. The molecule has 1 fully saturated rings. The summed E-state index contributed by atoms with van der Waals surface area (Å²) in [6.45, 7) is 8.48. The molecule has 0 bridgehead atoms. The van der Waals surface area contributed by atoms with Crippen molar-refractivity contribution in [2.75, 3.05) is 12.8 Å². The van der Waals surface area contributed by atoms with E-state index in [0.29, 0.717) is 23.9 Å². The van der Waals surface area contributed by atoms with Crippen LogP contribution in [0.4, 0.5) is 8.78 Å². The lowest BCUT2D eigenvalue weighted by atomic mass is 9.87. The minimum absolute atomic E-state index is 0.306. The largest absolute Gasteiger partial charge is 0.342 e. The van der Waals surface area contributed by atoms with Gasteiger partial charge in [0.2, 0.25) is 0 Å². The van der Waals surface area contributed by atoms with Gasteiger partial charge in [0.05, 0.1) is 6.54 Å². The van der Waals surface area contributed by atoms with Gasteiger partial charge in [-0.2, -0.15) is 17.7 Å². The summed E-state index contributed by atoms with van der Waals surface area (Å²) in [5, 5.41) is 6.84. The molecule has 2 atom stereocenters. The number of benzene rings is 2. The van der Waals surface area contributed by atoms with Crippen LogP contribution < -0.4 is 0 Å². The average molecular weight is 480 g/mol. The van der Waals surface area contributed by atoms with E-state index >= 15 is 0 Å². The van der Waals surface area contributed by atoms with Crippen LogP contribution in [0.1, 0.15) is 36.8 Å². The Labute approximate surface area is 205 Å². The Balaban J connectivity index is 1.73. The summed E-state index contributed by atoms with van der Waals surface area (Å²) in [6, 6.07) is 11.8. The maximum Gasteiger partial charge on any atom is 0.131 e. The molecule has 34 heavy (non-hydrogen) atoms. The summed E-state index contributed by atoms with van der Waals surface area (Å²) in [6.07, 6.45) is 8.59. The van der Waals surface area contributed by atoms with E-state index in [1.807, 2.05) is 42.2 Å². The monoisotopic (exact) mass is 479 g/mol. The quantitative estimate of drug-likeness (QED) is 0.150. The molecule has 0 amide bonds. The lowest BCUT2D eigenvalue weighted by molar-refractivity contribution is 0.476. The summed E-state index contributed by atoms with van der Waals surface area (Å²) in [4.78, 5) is 0. The predicted octanol–water partition coefficient (Wildman–Crippen LogP) is 7.15. The second kappa shape index (κ2) is 10.6. The molecule has 1 heterocycles. The molecule has 0 spiro atoms. The molecule has 178 valence electrons. The molecule has 2 unspecified atom stereocenters. The molecule has 0 radical (unpaired) electrons. The highest BCUT2D eigenvalue weighted by Gasteiger charge is 2.29. The molecule has 1 aliphatic carbocycles. The molecule has 6 heteroatoms. The third kappa shape index (κ3) is 5.12. The van der Waals surface area contributed by atoms with Crippen molar-refractivity contribution in [3.05, 3.63) is 89.8 Å². The van der Waals surface area contributed by atoms with Gasteiger partial charge in [0.25, 0.3) is 0 Å². The van der Waals surface area contributed by atoms with Crippen molar-refractivity contribution in [2.45, 2.75) is 32.2 Å². The Kier molecular flexibility index (Phi) is 7.57. The van der Waals surface area contributed by atoms with Crippen molar-refractivity contribution in [1.29, 1.82) is 0 Å². The number of para-hydroxylation sites is 1. The maximum absolute atomic E-state index is 14.4. The number of allylic oxidation sites excluding steroid dienone is 2. The summed E-state index contributed by atoms with van der Waals surface area (Å²) in [5.41, 5.74) is 4.54. The average Bonchev–Trinajstić information content (AvgIpc) is 3.44. The third-order valence-electron chi connectivity index (χ3n) is 6.89. The fraction of sp³-hybridized carbons (Fsp3) is 0.321. The Morgan fingerprint density at radius 1 is 1.24 bits per heavy atom. The summed E-state index contributed by atoms with van der Waals surface area (Å²) >= 11 is 4.43. The van der Waals surface area contributed by atoms with Crippen molar-refractivity contribution < 1.29 is 8.78 Å². The summed E-state index contributed by atoms with van der Waals surface area (Å²) in [7, 11) is 1.88. The Morgan fingerprint density at radius 3 is 2.76 bits per heavy atom. The van der Waals surface area contributed by atoms with Gasteiger partial charge in [-0.05, 0) is 66.6 Å². The number of aromatic nitrogens is 1. The topological polar surface area (TPSA) is 20.5 Å². The first-order valence-electron chi connectivity index (χ1n) is 11.6. The SMILES string of the molecule is C=NN(C)/C=C(/C(=C)c1cn(Cc2ccc(F)cc2F)c2ccccc12)C1CCC(CCS)C1. The van der Waals surface area contributed by atoms with Crippen LogP contribution in [-0.2, 0) is 6.54 Å². The molecule has 0 aliphatic heterocycles. The molecule has 0 N–H and O–H groups in total. The molecular weight excluding hydrogens is 448 g/mol. The standard InChI is InChI=1S/C28H31F2N3S/c1-19(25(17-32(3)31-2)21-9-8-20(14-21)12-13-34)26-18-33(28-7-5-4-6-24(26)28)16-22-10-11-23(29)15-27(22)30/h4-7,10-11,15,17-18,20-21,34H,1-2,8-9,12-14,16H2,3H3/b25-17-. The van der Waals surface area contributed by atoms with E-state index in [0.717, 1.165) is 58.7 Å². The van der Waals surface area contributed by atoms with Crippen LogP contribution in [-0.4, -0.2) is 29.1 Å². The summed E-state index contributed by atoms with van der Waals surface area (Å²) in [5.74, 6) is 0.842. The zero-order valence-corrected chi connectivity index (χ0v) is 20.4. The zero-order valence-electron chi connectivity index (χ0n) is 19.6. The Hall–Kier alpha value is -2.86. The Bertz CT molecular complexity index is 1230. The first-order chi connectivity index (χ1) is 16.4. The number of thiol groups is 1. The molecular formula is C28H31F2N3S. The van der Waals surface area contributed by atoms with Crippen molar-refractivity contribution in [3.8, 4) is 0 Å². The lowest BCUT2D eigenvalue weighted by Crippen LogP contribution is -2.09. The van der Waals surface area contributed by atoms with Gasteiger partial charge in [0, 0.05) is 54.3 Å². The van der Waals surface area contributed by atoms with Crippen molar-refractivity contribution in [1.82, 2.24) is 9.58 Å². The van der Waals surface area contributed by atoms with E-state index in [4.69, 9.17) is 0 Å². The van der Waals surface area contributed by atoms with Gasteiger partial charge in [-0.25, -0.2) is 8.78 Å². The van der Waals surface area contributed by atoms with E-state index in [1.54, 1.807) is 5.01 Å². The molecule has 0 saturated heterocycles. The van der Waals surface area contributed by atoms with Gasteiger partial charge < -0.3 is 4.57 Å². The normalized spacial score (nSPS) is 18.4. The third-order valence-corrected chi connectivity index (χ3v) is 7.14. The molecule has 4 rings (SSSR count). The number of nitrogens with zero attached hydrogens (tertiary/aromatic N) is 3. The lowest BCUT2D eigenvalue weighted by Gasteiger charge is -2.20.